The molecule has 3 amide bonds. The van der Waals surface area contributed by atoms with E-state index in [4.69, 9.17) is 14.0 Å². The number of carbonyl (C=O) groups excluding carboxylic acids is 4. The molecule has 3 heterocycles. The van der Waals surface area contributed by atoms with Crippen LogP contribution >= 0.6 is 0 Å². The molecule has 0 spiro atoms. The Balaban J connectivity index is 1.47. The standard InChI is InChI=1S/C29H37N7O7/c1-17(2)10-20(25(37)29(3)15-42-29)32-26(38)21(11-18-8-6-5-7-9-18)33-28(40)23(14-41-4)34-27(39)22-12-19(43-36-22)13-24-30-16-31-35-24/h5-9,12,16-17,20-21,23H,10-11,13-15H2,1-4H3,(H,32,38)(H,33,40)(H,34,39)(H,30,31,35)/t20?,21?,23-,29+/m0/s1. The Kier molecular flexibility index (Phi) is 10.4. The number of hydrogen-bond donors (Lipinski definition) is 4. The zero-order valence-electron chi connectivity index (χ0n) is 24.6. The van der Waals surface area contributed by atoms with Gasteiger partial charge in [0.15, 0.2) is 11.5 Å². The van der Waals surface area contributed by atoms with Crippen LogP contribution in [0.3, 0.4) is 0 Å². The molecule has 2 unspecified atom stereocenters. The van der Waals surface area contributed by atoms with Gasteiger partial charge in [0.25, 0.3) is 5.91 Å². The lowest BCUT2D eigenvalue weighted by atomic mass is 9.93. The van der Waals surface area contributed by atoms with Gasteiger partial charge >= 0.3 is 0 Å². The van der Waals surface area contributed by atoms with Crippen LogP contribution in [0.1, 0.15) is 54.8 Å². The van der Waals surface area contributed by atoms with Gasteiger partial charge in [-0.25, -0.2) is 4.98 Å². The Morgan fingerprint density at radius 1 is 1.05 bits per heavy atom. The number of rotatable bonds is 16. The van der Waals surface area contributed by atoms with Crippen molar-refractivity contribution in [3.05, 3.63) is 65.6 Å². The van der Waals surface area contributed by atoms with Gasteiger partial charge in [-0.15, -0.1) is 0 Å². The summed E-state index contributed by atoms with van der Waals surface area (Å²) in [5, 5.41) is 18.4. The predicted molar refractivity (Wildman–Crippen MR) is 152 cm³/mol. The van der Waals surface area contributed by atoms with Crippen LogP contribution in [0.2, 0.25) is 0 Å². The summed E-state index contributed by atoms with van der Waals surface area (Å²) in [7, 11) is 1.38. The highest BCUT2D eigenvalue weighted by Crippen LogP contribution is 2.29. The molecule has 4 atom stereocenters. The Bertz CT molecular complexity index is 1390. The number of nitrogens with zero attached hydrogens (tertiary/aromatic N) is 3. The smallest absolute Gasteiger partial charge is 0.274 e. The summed E-state index contributed by atoms with van der Waals surface area (Å²) < 4.78 is 15.7. The molecule has 4 rings (SSSR count). The van der Waals surface area contributed by atoms with E-state index >= 15 is 0 Å². The van der Waals surface area contributed by atoms with E-state index in [0.717, 1.165) is 5.56 Å². The molecule has 0 saturated carbocycles. The maximum Gasteiger partial charge on any atom is 0.274 e. The fourth-order valence-corrected chi connectivity index (χ4v) is 4.49. The third-order valence-electron chi connectivity index (χ3n) is 6.91. The SMILES string of the molecule is COC[C@H](NC(=O)c1cc(Cc2ncn[nH]2)on1)C(=O)NC(Cc1ccccc1)C(=O)NC(CC(C)C)C(=O)[C@@]1(C)CO1. The van der Waals surface area contributed by atoms with Crippen molar-refractivity contribution in [3.8, 4) is 0 Å². The van der Waals surface area contributed by atoms with Crippen LogP contribution in [0.15, 0.2) is 47.2 Å². The zero-order chi connectivity index (χ0) is 31.0. The molecule has 1 aliphatic heterocycles. The summed E-state index contributed by atoms with van der Waals surface area (Å²) in [5.74, 6) is -1.05. The normalized spacial score (nSPS) is 18.0. The third-order valence-corrected chi connectivity index (χ3v) is 6.91. The average Bonchev–Trinajstić information content (AvgIpc) is 3.33. The van der Waals surface area contributed by atoms with E-state index in [9.17, 15) is 19.2 Å². The number of aromatic nitrogens is 4. The number of ketones is 1. The summed E-state index contributed by atoms with van der Waals surface area (Å²) in [4.78, 5) is 57.2. The maximum atomic E-state index is 13.6. The van der Waals surface area contributed by atoms with Crippen LogP contribution in [0.4, 0.5) is 0 Å². The van der Waals surface area contributed by atoms with Crippen LogP contribution in [-0.2, 0) is 36.7 Å². The molecule has 1 saturated heterocycles. The van der Waals surface area contributed by atoms with Crippen molar-refractivity contribution in [2.24, 2.45) is 5.92 Å². The summed E-state index contributed by atoms with van der Waals surface area (Å²) in [6, 6.07) is 7.58. The van der Waals surface area contributed by atoms with E-state index in [1.807, 2.05) is 44.2 Å². The maximum absolute atomic E-state index is 13.6. The Morgan fingerprint density at radius 2 is 1.74 bits per heavy atom. The van der Waals surface area contributed by atoms with Gasteiger partial charge < -0.3 is 29.9 Å². The largest absolute Gasteiger partial charge is 0.382 e. The minimum atomic E-state index is -1.16. The quantitative estimate of drug-likeness (QED) is 0.172. The monoisotopic (exact) mass is 595 g/mol. The average molecular weight is 596 g/mol. The highest BCUT2D eigenvalue weighted by molar-refractivity contribution is 5.99. The first-order valence-corrected chi connectivity index (χ1v) is 14.0. The van der Waals surface area contributed by atoms with Gasteiger partial charge in [0.05, 0.1) is 25.7 Å². The molecule has 1 fully saturated rings. The number of methoxy groups -OCH3 is 1. The molecule has 4 N–H and O–H groups in total. The molecule has 230 valence electrons. The number of amides is 3. The molecule has 0 radical (unpaired) electrons. The van der Waals surface area contributed by atoms with Gasteiger partial charge in [-0.05, 0) is 24.8 Å². The van der Waals surface area contributed by atoms with E-state index < -0.39 is 41.4 Å². The van der Waals surface area contributed by atoms with Crippen molar-refractivity contribution in [1.29, 1.82) is 0 Å². The van der Waals surface area contributed by atoms with Gasteiger partial charge in [0.1, 0.15) is 35.6 Å². The van der Waals surface area contributed by atoms with Crippen molar-refractivity contribution >= 4 is 23.5 Å². The highest BCUT2D eigenvalue weighted by atomic mass is 16.6. The molecule has 1 aliphatic rings. The van der Waals surface area contributed by atoms with Crippen LogP contribution in [0, 0.1) is 5.92 Å². The first-order valence-electron chi connectivity index (χ1n) is 14.0. The van der Waals surface area contributed by atoms with Gasteiger partial charge in [0, 0.05) is 19.6 Å². The van der Waals surface area contributed by atoms with Crippen molar-refractivity contribution < 1.29 is 33.2 Å². The summed E-state index contributed by atoms with van der Waals surface area (Å²) in [6.45, 7) is 5.73. The lowest BCUT2D eigenvalue weighted by molar-refractivity contribution is -0.133. The number of aromatic amines is 1. The molecule has 14 heteroatoms. The van der Waals surface area contributed by atoms with Gasteiger partial charge in [-0.1, -0.05) is 49.3 Å². The summed E-state index contributed by atoms with van der Waals surface area (Å²) in [6.07, 6.45) is 2.15. The van der Waals surface area contributed by atoms with Crippen molar-refractivity contribution in [1.82, 2.24) is 36.3 Å². The number of benzene rings is 1. The minimum absolute atomic E-state index is 0.0483. The first kappa shape index (κ1) is 31.5. The second kappa shape index (κ2) is 14.2. The lowest BCUT2D eigenvalue weighted by Crippen LogP contribution is -2.58. The Morgan fingerprint density at radius 3 is 2.37 bits per heavy atom. The van der Waals surface area contributed by atoms with E-state index in [1.165, 1.54) is 19.5 Å². The number of nitrogens with one attached hydrogen (secondary N) is 4. The number of hydrogen-bond acceptors (Lipinski definition) is 10. The first-order chi connectivity index (χ1) is 20.6. The van der Waals surface area contributed by atoms with E-state index in [2.05, 4.69) is 36.3 Å². The molecular formula is C29H37N7O7. The highest BCUT2D eigenvalue weighted by Gasteiger charge is 2.50. The molecule has 0 bridgehead atoms. The van der Waals surface area contributed by atoms with Gasteiger partial charge in [0.2, 0.25) is 11.8 Å². The Labute approximate surface area is 248 Å². The fraction of sp³-hybridized carbons (Fsp3) is 0.483. The lowest BCUT2D eigenvalue weighted by Gasteiger charge is -2.26. The van der Waals surface area contributed by atoms with Crippen LogP contribution < -0.4 is 16.0 Å². The van der Waals surface area contributed by atoms with Crippen molar-refractivity contribution in [3.63, 3.8) is 0 Å². The molecular weight excluding hydrogens is 558 g/mol. The predicted octanol–water partition coefficient (Wildman–Crippen LogP) is 0.745. The molecule has 3 aromatic rings. The van der Waals surface area contributed by atoms with Gasteiger partial charge in [-0.2, -0.15) is 5.10 Å². The number of carbonyl (C=O) groups is 4. The number of ether oxygens (including phenoxy) is 2. The molecule has 2 aromatic heterocycles. The molecule has 0 aliphatic carbocycles. The minimum Gasteiger partial charge on any atom is -0.382 e. The van der Waals surface area contributed by atoms with Crippen LogP contribution in [0.25, 0.3) is 0 Å². The summed E-state index contributed by atoms with van der Waals surface area (Å²) in [5.41, 5.74) is -0.177. The van der Waals surface area contributed by atoms with E-state index in [0.29, 0.717) is 24.6 Å². The van der Waals surface area contributed by atoms with E-state index in [1.54, 1.807) is 6.92 Å². The third kappa shape index (κ3) is 8.78. The Hall–Kier alpha value is -4.43. The zero-order valence-corrected chi connectivity index (χ0v) is 24.6. The summed E-state index contributed by atoms with van der Waals surface area (Å²) >= 11 is 0. The second-order valence-electron chi connectivity index (χ2n) is 11.1. The van der Waals surface area contributed by atoms with Crippen LogP contribution in [-0.4, -0.2) is 87.9 Å². The number of epoxide rings is 1. The molecule has 14 nitrogen and oxygen atoms in total. The number of H-pyrrole nitrogens is 1. The van der Waals surface area contributed by atoms with Crippen molar-refractivity contribution in [2.45, 2.75) is 63.8 Å². The van der Waals surface area contributed by atoms with Crippen LogP contribution in [0.5, 0.6) is 0 Å². The topological polar surface area (TPSA) is 194 Å². The molecule has 1 aromatic carbocycles. The van der Waals surface area contributed by atoms with E-state index in [-0.39, 0.29) is 36.8 Å². The molecule has 43 heavy (non-hydrogen) atoms. The fourth-order valence-electron chi connectivity index (χ4n) is 4.49. The van der Waals surface area contributed by atoms with Gasteiger partial charge in [-0.3, -0.25) is 24.3 Å². The van der Waals surface area contributed by atoms with Crippen molar-refractivity contribution in [2.75, 3.05) is 20.3 Å². The number of Topliss-reactive ketones (excluding diaryl/α,β-unsaturated/α-hetero) is 1. The second-order valence-corrected chi connectivity index (χ2v) is 11.1.